The highest BCUT2D eigenvalue weighted by molar-refractivity contribution is 6.21. The molecule has 5 heteroatoms. The molecule has 1 aromatic heterocycles. The second-order valence-electron chi connectivity index (χ2n) is 12.9. The first-order valence-electron chi connectivity index (χ1n) is 17.6. The lowest BCUT2D eigenvalue weighted by Gasteiger charge is -2.19. The number of rotatable bonds is 8. The zero-order valence-electron chi connectivity index (χ0n) is 28.7. The number of fused-ring (bicyclic) bond motifs is 4. The lowest BCUT2D eigenvalue weighted by molar-refractivity contribution is 1.08. The minimum Gasteiger partial charge on any atom is -0.386 e. The molecule has 0 saturated carbocycles. The van der Waals surface area contributed by atoms with Crippen LogP contribution in [0.15, 0.2) is 170 Å². The van der Waals surface area contributed by atoms with Gasteiger partial charge in [-0.05, 0) is 67.7 Å². The van der Waals surface area contributed by atoms with Crippen LogP contribution in [-0.2, 0) is 6.54 Å². The summed E-state index contributed by atoms with van der Waals surface area (Å²) in [6.07, 6.45) is 0. The van der Waals surface area contributed by atoms with Crippen molar-refractivity contribution in [2.75, 3.05) is 17.7 Å². The minimum absolute atomic E-state index is 0.643. The maximum absolute atomic E-state index is 5.24. The summed E-state index contributed by atoms with van der Waals surface area (Å²) in [5, 5.41) is 13.8. The second-order valence-corrected chi connectivity index (χ2v) is 12.9. The number of hydrogen-bond acceptors (Lipinski definition) is 5. The normalized spacial score (nSPS) is 11.2. The summed E-state index contributed by atoms with van der Waals surface area (Å²) < 4.78 is 0. The standard InChI is InChI=1S/C47H35N5/c1-48-41-22-12-13-23-42(41)49-30-31-24-25-35-29-36(27-26-34(35)28-31)43-39-20-10-8-18-37(39)38-19-9-11-21-40(38)44(43)47-51-45(32-14-4-2-5-15-32)50-46(52-47)33-16-6-3-7-17-33/h2-29,48-49H,30H2,1H3. The molecule has 0 bridgehead atoms. The molecule has 0 aliphatic carbocycles. The smallest absolute Gasteiger partial charge is 0.165 e. The van der Waals surface area contributed by atoms with Crippen molar-refractivity contribution >= 4 is 43.7 Å². The van der Waals surface area contributed by atoms with Crippen LogP contribution in [0.5, 0.6) is 0 Å². The second kappa shape index (κ2) is 13.5. The average Bonchev–Trinajstić information content (AvgIpc) is 3.22. The number of anilines is 2. The molecule has 0 fully saturated rings. The highest BCUT2D eigenvalue weighted by Crippen LogP contribution is 2.44. The first-order valence-corrected chi connectivity index (χ1v) is 17.6. The van der Waals surface area contributed by atoms with Gasteiger partial charge in [-0.25, -0.2) is 15.0 Å². The Balaban J connectivity index is 1.24. The van der Waals surface area contributed by atoms with E-state index in [4.69, 9.17) is 15.0 Å². The van der Waals surface area contributed by atoms with Crippen molar-refractivity contribution in [3.05, 3.63) is 175 Å². The molecule has 0 amide bonds. The van der Waals surface area contributed by atoms with E-state index in [-0.39, 0.29) is 0 Å². The van der Waals surface area contributed by atoms with Gasteiger partial charge < -0.3 is 10.6 Å². The summed E-state index contributed by atoms with van der Waals surface area (Å²) in [5.41, 5.74) is 8.48. The molecule has 2 N–H and O–H groups in total. The molecule has 0 saturated heterocycles. The summed E-state index contributed by atoms with van der Waals surface area (Å²) >= 11 is 0. The molecule has 0 spiro atoms. The summed E-state index contributed by atoms with van der Waals surface area (Å²) in [6.45, 7) is 0.725. The van der Waals surface area contributed by atoms with Gasteiger partial charge in [0.1, 0.15) is 0 Å². The molecule has 0 aliphatic rings. The van der Waals surface area contributed by atoms with Crippen LogP contribution in [0.1, 0.15) is 5.56 Å². The van der Waals surface area contributed by atoms with E-state index in [1.807, 2.05) is 49.5 Å². The van der Waals surface area contributed by atoms with E-state index in [9.17, 15) is 0 Å². The maximum atomic E-state index is 5.24. The van der Waals surface area contributed by atoms with Crippen LogP contribution < -0.4 is 10.6 Å². The average molecular weight is 670 g/mol. The molecule has 248 valence electrons. The van der Waals surface area contributed by atoms with Crippen molar-refractivity contribution < 1.29 is 0 Å². The third-order valence-electron chi connectivity index (χ3n) is 9.73. The fourth-order valence-electron chi connectivity index (χ4n) is 7.21. The zero-order chi connectivity index (χ0) is 34.9. The van der Waals surface area contributed by atoms with E-state index in [2.05, 4.69) is 138 Å². The molecule has 0 unspecified atom stereocenters. The topological polar surface area (TPSA) is 62.7 Å². The Kier molecular flexibility index (Phi) is 8.06. The molecule has 0 aliphatic heterocycles. The Hall–Kier alpha value is -6.85. The number of aromatic nitrogens is 3. The van der Waals surface area contributed by atoms with E-state index in [1.165, 1.54) is 21.7 Å². The van der Waals surface area contributed by atoms with Crippen LogP contribution in [0, 0.1) is 0 Å². The zero-order valence-corrected chi connectivity index (χ0v) is 28.7. The molecule has 9 rings (SSSR count). The number of hydrogen-bond donors (Lipinski definition) is 2. The summed E-state index contributed by atoms with van der Waals surface area (Å²) in [7, 11) is 1.95. The van der Waals surface area contributed by atoms with Gasteiger partial charge in [0.05, 0.1) is 11.4 Å². The quantitative estimate of drug-likeness (QED) is 0.158. The highest BCUT2D eigenvalue weighted by atomic mass is 15.0. The minimum atomic E-state index is 0.643. The van der Waals surface area contributed by atoms with Crippen LogP contribution in [0.4, 0.5) is 11.4 Å². The Bertz CT molecular complexity index is 2670. The van der Waals surface area contributed by atoms with Crippen molar-refractivity contribution in [2.45, 2.75) is 6.54 Å². The van der Waals surface area contributed by atoms with Gasteiger partial charge >= 0.3 is 0 Å². The Morgan fingerprint density at radius 3 is 1.54 bits per heavy atom. The van der Waals surface area contributed by atoms with Gasteiger partial charge in [-0.3, -0.25) is 0 Å². The van der Waals surface area contributed by atoms with Gasteiger partial charge in [-0.15, -0.1) is 0 Å². The van der Waals surface area contributed by atoms with Gasteiger partial charge in [0.25, 0.3) is 0 Å². The van der Waals surface area contributed by atoms with Gasteiger partial charge in [0.2, 0.25) is 0 Å². The monoisotopic (exact) mass is 669 g/mol. The fraction of sp³-hybridized carbons (Fsp3) is 0.0426. The van der Waals surface area contributed by atoms with Gasteiger partial charge in [0.15, 0.2) is 17.5 Å². The van der Waals surface area contributed by atoms with E-state index < -0.39 is 0 Å². The molecular formula is C47H35N5. The number of benzene rings is 8. The highest BCUT2D eigenvalue weighted by Gasteiger charge is 2.22. The SMILES string of the molecule is CNc1ccccc1NCc1ccc2cc(-c3c(-c4nc(-c5ccccc5)nc(-c5ccccc5)n4)c4ccccc4c4ccccc34)ccc2c1. The Morgan fingerprint density at radius 1 is 0.404 bits per heavy atom. The van der Waals surface area contributed by atoms with Crippen LogP contribution >= 0.6 is 0 Å². The molecule has 9 aromatic rings. The predicted molar refractivity (Wildman–Crippen MR) is 217 cm³/mol. The van der Waals surface area contributed by atoms with Crippen LogP contribution in [0.25, 0.3) is 77.6 Å². The van der Waals surface area contributed by atoms with Crippen molar-refractivity contribution in [3.8, 4) is 45.3 Å². The molecule has 5 nitrogen and oxygen atoms in total. The molecule has 0 atom stereocenters. The first kappa shape index (κ1) is 31.2. The summed E-state index contributed by atoms with van der Waals surface area (Å²) in [6, 6.07) is 59.4. The fourth-order valence-corrected chi connectivity index (χ4v) is 7.21. The number of nitrogens with zero attached hydrogens (tertiary/aromatic N) is 3. The molecule has 8 aromatic carbocycles. The lowest BCUT2D eigenvalue weighted by Crippen LogP contribution is -2.02. The molecule has 0 radical (unpaired) electrons. The van der Waals surface area contributed by atoms with E-state index in [0.29, 0.717) is 17.5 Å². The summed E-state index contributed by atoms with van der Waals surface area (Å²) in [5.74, 6) is 1.93. The lowest BCUT2D eigenvalue weighted by atomic mass is 9.87. The third kappa shape index (κ3) is 5.78. The number of nitrogens with one attached hydrogen (secondary N) is 2. The van der Waals surface area contributed by atoms with Crippen LogP contribution in [-0.4, -0.2) is 22.0 Å². The van der Waals surface area contributed by atoms with Gasteiger partial charge in [-0.2, -0.15) is 0 Å². The van der Waals surface area contributed by atoms with Crippen molar-refractivity contribution in [3.63, 3.8) is 0 Å². The number of para-hydroxylation sites is 2. The molecule has 1 heterocycles. The van der Waals surface area contributed by atoms with E-state index >= 15 is 0 Å². The third-order valence-corrected chi connectivity index (χ3v) is 9.73. The maximum Gasteiger partial charge on any atom is 0.165 e. The Labute approximate surface area is 302 Å². The van der Waals surface area contributed by atoms with Crippen molar-refractivity contribution in [2.24, 2.45) is 0 Å². The van der Waals surface area contributed by atoms with Crippen LogP contribution in [0.3, 0.4) is 0 Å². The van der Waals surface area contributed by atoms with Crippen molar-refractivity contribution in [1.29, 1.82) is 0 Å². The van der Waals surface area contributed by atoms with Gasteiger partial charge in [0, 0.05) is 35.8 Å². The van der Waals surface area contributed by atoms with Gasteiger partial charge in [-0.1, -0.05) is 146 Å². The Morgan fingerprint density at radius 2 is 0.904 bits per heavy atom. The predicted octanol–water partition coefficient (Wildman–Crippen LogP) is 11.7. The largest absolute Gasteiger partial charge is 0.386 e. The van der Waals surface area contributed by atoms with E-state index in [0.717, 1.165) is 61.9 Å². The molecular weight excluding hydrogens is 635 g/mol. The summed E-state index contributed by atoms with van der Waals surface area (Å²) in [4.78, 5) is 15.5. The van der Waals surface area contributed by atoms with E-state index in [1.54, 1.807) is 0 Å². The van der Waals surface area contributed by atoms with Crippen molar-refractivity contribution in [1.82, 2.24) is 15.0 Å². The van der Waals surface area contributed by atoms with Crippen LogP contribution in [0.2, 0.25) is 0 Å². The first-order chi connectivity index (χ1) is 25.7. The molecule has 52 heavy (non-hydrogen) atoms.